The molecule has 0 spiro atoms. The summed E-state index contributed by atoms with van der Waals surface area (Å²) in [5.74, 6) is 0.941. The van der Waals surface area contributed by atoms with Gasteiger partial charge in [0.15, 0.2) is 0 Å². The van der Waals surface area contributed by atoms with Crippen LogP contribution in [-0.2, 0) is 11.2 Å². The van der Waals surface area contributed by atoms with Crippen LogP contribution < -0.4 is 10.6 Å². The maximum atomic E-state index is 12.8. The quantitative estimate of drug-likeness (QED) is 0.921. The van der Waals surface area contributed by atoms with Crippen LogP contribution in [0.4, 0.5) is 5.69 Å². The van der Waals surface area contributed by atoms with E-state index in [2.05, 4.69) is 30.0 Å². The number of aryl methyl sites for hydroxylation is 1. The first-order chi connectivity index (χ1) is 10.7. The molecule has 1 aromatic carbocycles. The number of carbonyl (C=O) groups is 1. The van der Waals surface area contributed by atoms with Crippen LogP contribution >= 0.6 is 12.4 Å². The number of piperidine rings is 1. The molecule has 1 fully saturated rings. The fourth-order valence-electron chi connectivity index (χ4n) is 3.81. The standard InChI is InChI=1S/C18H27N3O.ClH/c1-14-8-10-20(16(11-14)12-19)13-18(22)21-9-4-6-15-5-2-3-7-17(15)21;/h2-3,5,7,14,16H,4,6,8-13,19H2,1H3;1H. The average Bonchev–Trinajstić information content (AvgIpc) is 2.55. The van der Waals surface area contributed by atoms with E-state index in [0.717, 1.165) is 44.0 Å². The Morgan fingerprint density at radius 3 is 2.87 bits per heavy atom. The second kappa shape index (κ2) is 8.13. The Morgan fingerprint density at radius 1 is 1.30 bits per heavy atom. The topological polar surface area (TPSA) is 49.6 Å². The molecule has 5 heteroatoms. The third-order valence-electron chi connectivity index (χ3n) is 5.12. The predicted molar refractivity (Wildman–Crippen MR) is 97.2 cm³/mol. The van der Waals surface area contributed by atoms with E-state index in [1.54, 1.807) is 0 Å². The highest BCUT2D eigenvalue weighted by atomic mass is 35.5. The maximum Gasteiger partial charge on any atom is 0.241 e. The monoisotopic (exact) mass is 337 g/mol. The zero-order chi connectivity index (χ0) is 15.5. The van der Waals surface area contributed by atoms with E-state index in [1.165, 1.54) is 12.0 Å². The van der Waals surface area contributed by atoms with E-state index in [0.29, 0.717) is 19.1 Å². The number of anilines is 1. The number of amides is 1. The van der Waals surface area contributed by atoms with E-state index in [4.69, 9.17) is 5.73 Å². The number of para-hydroxylation sites is 1. The number of rotatable bonds is 3. The Balaban J connectivity index is 0.00000192. The minimum absolute atomic E-state index is 0. The number of carbonyl (C=O) groups excluding carboxylic acids is 1. The lowest BCUT2D eigenvalue weighted by Gasteiger charge is -2.39. The van der Waals surface area contributed by atoms with E-state index in [1.807, 2.05) is 11.0 Å². The maximum absolute atomic E-state index is 12.8. The molecule has 2 unspecified atom stereocenters. The van der Waals surface area contributed by atoms with Gasteiger partial charge in [-0.05, 0) is 49.8 Å². The van der Waals surface area contributed by atoms with Gasteiger partial charge in [0.05, 0.1) is 6.54 Å². The van der Waals surface area contributed by atoms with Gasteiger partial charge < -0.3 is 10.6 Å². The molecule has 23 heavy (non-hydrogen) atoms. The third kappa shape index (κ3) is 4.06. The number of nitrogens with zero attached hydrogens (tertiary/aromatic N) is 2. The van der Waals surface area contributed by atoms with Crippen molar-refractivity contribution < 1.29 is 4.79 Å². The summed E-state index contributed by atoms with van der Waals surface area (Å²) < 4.78 is 0. The highest BCUT2D eigenvalue weighted by Gasteiger charge is 2.29. The van der Waals surface area contributed by atoms with Crippen LogP contribution in [0.1, 0.15) is 31.7 Å². The Morgan fingerprint density at radius 2 is 2.09 bits per heavy atom. The molecule has 0 saturated carbocycles. The van der Waals surface area contributed by atoms with Crippen molar-refractivity contribution in [3.63, 3.8) is 0 Å². The second-order valence-corrected chi connectivity index (χ2v) is 6.77. The average molecular weight is 338 g/mol. The largest absolute Gasteiger partial charge is 0.329 e. The normalized spacial score (nSPS) is 24.7. The molecule has 0 aliphatic carbocycles. The van der Waals surface area contributed by atoms with Crippen molar-refractivity contribution in [3.05, 3.63) is 29.8 Å². The van der Waals surface area contributed by atoms with E-state index in [-0.39, 0.29) is 18.3 Å². The van der Waals surface area contributed by atoms with Gasteiger partial charge in [0, 0.05) is 24.8 Å². The summed E-state index contributed by atoms with van der Waals surface area (Å²) in [6, 6.07) is 8.65. The summed E-state index contributed by atoms with van der Waals surface area (Å²) in [6.07, 6.45) is 4.41. The molecule has 2 aliphatic rings. The van der Waals surface area contributed by atoms with Gasteiger partial charge in [-0.25, -0.2) is 0 Å². The molecule has 2 aliphatic heterocycles. The lowest BCUT2D eigenvalue weighted by molar-refractivity contribution is -0.120. The SMILES string of the molecule is CC1CCN(CC(=O)N2CCCc3ccccc32)C(CN)C1.Cl. The lowest BCUT2D eigenvalue weighted by atomic mass is 9.92. The van der Waals surface area contributed by atoms with Crippen molar-refractivity contribution in [3.8, 4) is 0 Å². The van der Waals surface area contributed by atoms with Crippen molar-refractivity contribution in [2.45, 2.75) is 38.6 Å². The first-order valence-electron chi connectivity index (χ1n) is 8.51. The summed E-state index contributed by atoms with van der Waals surface area (Å²) in [6.45, 7) is 5.26. The molecular formula is C18H28ClN3O. The number of nitrogens with two attached hydrogens (primary N) is 1. The number of halogens is 1. The highest BCUT2D eigenvalue weighted by molar-refractivity contribution is 5.96. The molecule has 2 N–H and O–H groups in total. The van der Waals surface area contributed by atoms with Crippen molar-refractivity contribution >= 4 is 24.0 Å². The number of benzene rings is 1. The Bertz CT molecular complexity index is 537. The predicted octanol–water partition coefficient (Wildman–Crippen LogP) is 2.45. The molecule has 128 valence electrons. The van der Waals surface area contributed by atoms with E-state index in [9.17, 15) is 4.79 Å². The lowest BCUT2D eigenvalue weighted by Crippen LogP contribution is -2.51. The molecule has 4 nitrogen and oxygen atoms in total. The van der Waals surface area contributed by atoms with Gasteiger partial charge in [0.2, 0.25) is 5.91 Å². The molecule has 0 radical (unpaired) electrons. The first-order valence-corrected chi connectivity index (χ1v) is 8.51. The van der Waals surface area contributed by atoms with E-state index < -0.39 is 0 Å². The van der Waals surface area contributed by atoms with Gasteiger partial charge in [-0.2, -0.15) is 0 Å². The first kappa shape index (κ1) is 18.2. The van der Waals surface area contributed by atoms with Gasteiger partial charge in [-0.1, -0.05) is 25.1 Å². The van der Waals surface area contributed by atoms with Crippen LogP contribution in [0, 0.1) is 5.92 Å². The summed E-state index contributed by atoms with van der Waals surface area (Å²) in [5, 5.41) is 0. The molecule has 1 saturated heterocycles. The third-order valence-corrected chi connectivity index (χ3v) is 5.12. The molecule has 2 atom stereocenters. The smallest absolute Gasteiger partial charge is 0.241 e. The van der Waals surface area contributed by atoms with Crippen LogP contribution in [0.5, 0.6) is 0 Å². The van der Waals surface area contributed by atoms with Crippen molar-refractivity contribution in [1.82, 2.24) is 4.90 Å². The number of hydrogen-bond acceptors (Lipinski definition) is 3. The molecule has 1 aromatic rings. The van der Waals surface area contributed by atoms with Gasteiger partial charge in [0.1, 0.15) is 0 Å². The molecule has 1 amide bonds. The van der Waals surface area contributed by atoms with Gasteiger partial charge >= 0.3 is 0 Å². The van der Waals surface area contributed by atoms with Crippen molar-refractivity contribution in [1.29, 1.82) is 0 Å². The molecular weight excluding hydrogens is 310 g/mol. The Labute approximate surface area is 145 Å². The molecule has 3 rings (SSSR count). The number of fused-ring (bicyclic) bond motifs is 1. The minimum atomic E-state index is 0. The summed E-state index contributed by atoms with van der Waals surface area (Å²) in [5.41, 5.74) is 8.32. The fraction of sp³-hybridized carbons (Fsp3) is 0.611. The van der Waals surface area contributed by atoms with Crippen LogP contribution in [0.25, 0.3) is 0 Å². The van der Waals surface area contributed by atoms with Crippen molar-refractivity contribution in [2.24, 2.45) is 11.7 Å². The zero-order valence-electron chi connectivity index (χ0n) is 13.9. The molecule has 2 heterocycles. The van der Waals surface area contributed by atoms with Crippen molar-refractivity contribution in [2.75, 3.05) is 31.1 Å². The van der Waals surface area contributed by atoms with Crippen LogP contribution in [0.15, 0.2) is 24.3 Å². The zero-order valence-corrected chi connectivity index (χ0v) is 14.7. The highest BCUT2D eigenvalue weighted by Crippen LogP contribution is 2.28. The Kier molecular flexibility index (Phi) is 6.45. The van der Waals surface area contributed by atoms with Crippen LogP contribution in [0.3, 0.4) is 0 Å². The summed E-state index contributed by atoms with van der Waals surface area (Å²) >= 11 is 0. The summed E-state index contributed by atoms with van der Waals surface area (Å²) in [7, 11) is 0. The summed E-state index contributed by atoms with van der Waals surface area (Å²) in [4.78, 5) is 17.1. The molecule has 0 aromatic heterocycles. The van der Waals surface area contributed by atoms with Gasteiger partial charge in [0.25, 0.3) is 0 Å². The van der Waals surface area contributed by atoms with Crippen LogP contribution in [0.2, 0.25) is 0 Å². The Hall–Kier alpha value is -1.10. The number of hydrogen-bond donors (Lipinski definition) is 1. The van der Waals surface area contributed by atoms with Gasteiger partial charge in [-0.15, -0.1) is 12.4 Å². The fourth-order valence-corrected chi connectivity index (χ4v) is 3.81. The minimum Gasteiger partial charge on any atom is -0.329 e. The van der Waals surface area contributed by atoms with E-state index >= 15 is 0 Å². The number of likely N-dealkylation sites (tertiary alicyclic amines) is 1. The second-order valence-electron chi connectivity index (χ2n) is 6.77. The van der Waals surface area contributed by atoms with Crippen LogP contribution in [-0.4, -0.2) is 43.0 Å². The molecule has 0 bridgehead atoms. The van der Waals surface area contributed by atoms with Gasteiger partial charge in [-0.3, -0.25) is 9.69 Å².